The molecule has 19 heavy (non-hydrogen) atoms. The van der Waals surface area contributed by atoms with Gasteiger partial charge in [-0.3, -0.25) is 0 Å². The van der Waals surface area contributed by atoms with Crippen molar-refractivity contribution in [1.29, 1.82) is 0 Å². The van der Waals surface area contributed by atoms with Crippen molar-refractivity contribution in [3.63, 3.8) is 0 Å². The molecule has 1 aromatic carbocycles. The second-order valence-corrected chi connectivity index (χ2v) is 6.16. The summed E-state index contributed by atoms with van der Waals surface area (Å²) in [6.07, 6.45) is 0.337. The van der Waals surface area contributed by atoms with Crippen LogP contribution in [0, 0.1) is 0 Å². The molecule has 1 fully saturated rings. The maximum Gasteiger partial charge on any atom is 0.205 e. The molecule has 4 nitrogen and oxygen atoms in total. The Kier molecular flexibility index (Phi) is 3.20. The monoisotopic (exact) mass is 280 g/mol. The molecule has 2 unspecified atom stereocenters. The molecule has 1 N–H and O–H groups in total. The lowest BCUT2D eigenvalue weighted by molar-refractivity contribution is -0.151. The van der Waals surface area contributed by atoms with Gasteiger partial charge in [-0.05, 0) is 12.1 Å². The van der Waals surface area contributed by atoms with Crippen molar-refractivity contribution in [2.24, 2.45) is 0 Å². The van der Waals surface area contributed by atoms with Gasteiger partial charge in [0, 0.05) is 18.7 Å². The topological polar surface area (TPSA) is 47.9 Å². The summed E-state index contributed by atoms with van der Waals surface area (Å²) in [7, 11) is 0. The average molecular weight is 280 g/mol. The van der Waals surface area contributed by atoms with Crippen LogP contribution in [0.2, 0.25) is 0 Å². The van der Waals surface area contributed by atoms with Gasteiger partial charge >= 0.3 is 0 Å². The Morgan fingerprint density at radius 3 is 2.68 bits per heavy atom. The minimum atomic E-state index is -0.757. The Hall–Kier alpha value is -1.17. The van der Waals surface area contributed by atoms with Crippen molar-refractivity contribution >= 4 is 11.8 Å². The molecule has 0 aliphatic carbocycles. The largest absolute Gasteiger partial charge is 0.481 e. The molecule has 102 valence electrons. The number of fused-ring (bicyclic) bond motifs is 1. The summed E-state index contributed by atoms with van der Waals surface area (Å²) in [5, 5.41) is 10.3. The molecule has 5 heteroatoms. The van der Waals surface area contributed by atoms with Crippen LogP contribution in [0.1, 0.15) is 13.8 Å². The van der Waals surface area contributed by atoms with Crippen LogP contribution in [-0.2, 0) is 14.2 Å². The zero-order chi connectivity index (χ0) is 13.5. The highest BCUT2D eigenvalue weighted by atomic mass is 32.2. The van der Waals surface area contributed by atoms with Crippen LogP contribution in [-0.4, -0.2) is 28.5 Å². The first kappa shape index (κ1) is 12.8. The lowest BCUT2D eigenvalue weighted by Crippen LogP contribution is -2.40. The number of benzene rings is 1. The molecule has 0 radical (unpaired) electrons. The minimum absolute atomic E-state index is 0.395. The lowest BCUT2D eigenvalue weighted by atomic mass is 10.1. The second kappa shape index (κ2) is 4.74. The molecule has 3 atom stereocenters. The molecule has 0 saturated carbocycles. The highest BCUT2D eigenvalue weighted by Crippen LogP contribution is 2.40. The Morgan fingerprint density at radius 1 is 1.21 bits per heavy atom. The van der Waals surface area contributed by atoms with E-state index in [2.05, 4.69) is 0 Å². The average Bonchev–Trinajstić information content (AvgIpc) is 2.70. The molecule has 0 spiro atoms. The fourth-order valence-corrected chi connectivity index (χ4v) is 3.12. The summed E-state index contributed by atoms with van der Waals surface area (Å²) >= 11 is 1.47. The van der Waals surface area contributed by atoms with Gasteiger partial charge in [-0.25, -0.2) is 0 Å². The first-order valence-corrected chi connectivity index (χ1v) is 7.05. The molecule has 0 bridgehead atoms. The van der Waals surface area contributed by atoms with E-state index >= 15 is 0 Å². The van der Waals surface area contributed by atoms with Gasteiger partial charge in [-0.1, -0.05) is 30.0 Å². The van der Waals surface area contributed by atoms with E-state index in [1.54, 1.807) is 6.26 Å². The van der Waals surface area contributed by atoms with E-state index in [4.69, 9.17) is 14.2 Å². The number of hydrogen-bond donors (Lipinski definition) is 1. The zero-order valence-corrected chi connectivity index (χ0v) is 11.6. The normalized spacial score (nSPS) is 31.9. The molecule has 0 amide bonds. The summed E-state index contributed by atoms with van der Waals surface area (Å²) in [5.41, 5.74) is -0.395. The first-order valence-electron chi connectivity index (χ1n) is 6.17. The fourth-order valence-electron chi connectivity index (χ4n) is 2.15. The second-order valence-electron chi connectivity index (χ2n) is 4.99. The number of hydrogen-bond acceptors (Lipinski definition) is 5. The van der Waals surface area contributed by atoms with Crippen LogP contribution in [0.3, 0.4) is 0 Å². The SMILES string of the molecule is CC1(C)OC2=CO[C@H](Sc3ccccc3)C(O)C2O1. The Morgan fingerprint density at radius 2 is 1.95 bits per heavy atom. The van der Waals surface area contributed by atoms with Gasteiger partial charge < -0.3 is 19.3 Å². The fraction of sp³-hybridized carbons (Fsp3) is 0.429. The van der Waals surface area contributed by atoms with Crippen LogP contribution in [0.4, 0.5) is 0 Å². The van der Waals surface area contributed by atoms with Crippen molar-refractivity contribution in [1.82, 2.24) is 0 Å². The summed E-state index contributed by atoms with van der Waals surface area (Å²) in [6.45, 7) is 3.64. The van der Waals surface area contributed by atoms with Crippen molar-refractivity contribution in [3.8, 4) is 0 Å². The van der Waals surface area contributed by atoms with Gasteiger partial charge in [0.25, 0.3) is 0 Å². The molecule has 0 aromatic heterocycles. The van der Waals surface area contributed by atoms with E-state index in [1.165, 1.54) is 11.8 Å². The summed E-state index contributed by atoms with van der Waals surface area (Å²) in [6, 6.07) is 9.83. The van der Waals surface area contributed by atoms with E-state index in [9.17, 15) is 5.11 Å². The van der Waals surface area contributed by atoms with Gasteiger partial charge in [0.1, 0.15) is 12.4 Å². The van der Waals surface area contributed by atoms with Crippen molar-refractivity contribution < 1.29 is 19.3 Å². The van der Waals surface area contributed by atoms with Crippen LogP contribution in [0.25, 0.3) is 0 Å². The number of rotatable bonds is 2. The Labute approximate surface area is 116 Å². The van der Waals surface area contributed by atoms with Crippen molar-refractivity contribution in [3.05, 3.63) is 42.4 Å². The van der Waals surface area contributed by atoms with Crippen molar-refractivity contribution in [2.75, 3.05) is 0 Å². The van der Waals surface area contributed by atoms with Gasteiger partial charge in [-0.15, -0.1) is 0 Å². The molecule has 2 aliphatic heterocycles. The highest BCUT2D eigenvalue weighted by molar-refractivity contribution is 7.99. The van der Waals surface area contributed by atoms with Crippen molar-refractivity contribution in [2.45, 2.75) is 42.2 Å². The third-order valence-corrected chi connectivity index (χ3v) is 4.12. The van der Waals surface area contributed by atoms with Gasteiger partial charge in [-0.2, -0.15) is 0 Å². The molecule has 2 aliphatic rings. The summed E-state index contributed by atoms with van der Waals surface area (Å²) in [4.78, 5) is 1.04. The minimum Gasteiger partial charge on any atom is -0.481 e. The predicted octanol–water partition coefficient (Wildman–Crippen LogP) is 2.49. The van der Waals surface area contributed by atoms with Gasteiger partial charge in [0.15, 0.2) is 17.3 Å². The van der Waals surface area contributed by atoms with E-state index < -0.39 is 23.4 Å². The number of aliphatic hydroxyl groups is 1. The Balaban J connectivity index is 1.74. The van der Waals surface area contributed by atoms with Gasteiger partial charge in [0.05, 0.1) is 0 Å². The molecule has 3 rings (SSSR count). The standard InChI is InChI=1S/C14H16O4S/c1-14(2)17-10-8-16-13(11(15)12(10)18-14)19-9-6-4-3-5-7-9/h3-8,11-13,15H,1-2H3/t11?,12?,13-/m1/s1. The van der Waals surface area contributed by atoms with E-state index in [0.717, 1.165) is 4.90 Å². The van der Waals surface area contributed by atoms with Crippen LogP contribution >= 0.6 is 11.8 Å². The van der Waals surface area contributed by atoms with E-state index in [-0.39, 0.29) is 0 Å². The maximum atomic E-state index is 10.3. The number of thioether (sulfide) groups is 1. The molecule has 1 aromatic rings. The highest BCUT2D eigenvalue weighted by Gasteiger charge is 2.47. The third-order valence-electron chi connectivity index (χ3n) is 2.96. The zero-order valence-electron chi connectivity index (χ0n) is 10.8. The number of aliphatic hydroxyl groups excluding tert-OH is 1. The Bertz CT molecular complexity index is 485. The van der Waals surface area contributed by atoms with Crippen LogP contribution < -0.4 is 0 Å². The molecule has 2 heterocycles. The van der Waals surface area contributed by atoms with E-state index in [0.29, 0.717) is 5.76 Å². The van der Waals surface area contributed by atoms with E-state index in [1.807, 2.05) is 44.2 Å². The molecular formula is C14H16O4S. The summed E-state index contributed by atoms with van der Waals surface area (Å²) < 4.78 is 16.8. The van der Waals surface area contributed by atoms with Crippen LogP contribution in [0.5, 0.6) is 0 Å². The maximum absolute atomic E-state index is 10.3. The number of ether oxygens (including phenoxy) is 3. The third kappa shape index (κ3) is 2.59. The first-order chi connectivity index (χ1) is 9.05. The van der Waals surface area contributed by atoms with Crippen LogP contribution in [0.15, 0.2) is 47.2 Å². The molecular weight excluding hydrogens is 264 g/mol. The summed E-state index contributed by atoms with van der Waals surface area (Å²) in [5.74, 6) is -0.157. The smallest absolute Gasteiger partial charge is 0.205 e. The molecule has 1 saturated heterocycles. The predicted molar refractivity (Wildman–Crippen MR) is 71.3 cm³/mol. The lowest BCUT2D eigenvalue weighted by Gasteiger charge is -2.29. The quantitative estimate of drug-likeness (QED) is 0.902. The van der Waals surface area contributed by atoms with Gasteiger partial charge in [0.2, 0.25) is 5.79 Å².